The molecule has 2 rings (SSSR count). The fraction of sp³-hybridized carbons (Fsp3) is 0.167. The third kappa shape index (κ3) is 1.81. The highest BCUT2D eigenvalue weighted by Gasteiger charge is 2.27. The van der Waals surface area contributed by atoms with Crippen LogP contribution in [-0.2, 0) is 4.79 Å². The molecule has 4 nitrogen and oxygen atoms in total. The fourth-order valence-electron chi connectivity index (χ4n) is 1.45. The van der Waals surface area contributed by atoms with Crippen molar-refractivity contribution < 1.29 is 14.7 Å². The van der Waals surface area contributed by atoms with Crippen LogP contribution in [0, 0.1) is 11.8 Å². The number of aliphatic hydroxyl groups is 1. The number of carbonyl (C=O) groups is 2. The summed E-state index contributed by atoms with van der Waals surface area (Å²) in [4.78, 5) is 22.4. The first-order valence-corrected chi connectivity index (χ1v) is 4.82. The number of benzene rings is 1. The smallest absolute Gasteiger partial charge is 0.296 e. The van der Waals surface area contributed by atoms with E-state index in [1.54, 1.807) is 18.2 Å². The summed E-state index contributed by atoms with van der Waals surface area (Å²) in [5.74, 6) is 4.49. The zero-order chi connectivity index (χ0) is 11.5. The van der Waals surface area contributed by atoms with Crippen molar-refractivity contribution in [2.24, 2.45) is 0 Å². The third-order valence-corrected chi connectivity index (χ3v) is 2.19. The van der Waals surface area contributed by atoms with Gasteiger partial charge in [-0.3, -0.25) is 9.59 Å². The van der Waals surface area contributed by atoms with E-state index in [0.29, 0.717) is 23.2 Å². The molecular formula is C12H9NO3. The number of Topliss-reactive ketones (excluding diaryl/α,β-unsaturated/α-hetero) is 1. The Kier molecular flexibility index (Phi) is 2.71. The average molecular weight is 215 g/mol. The molecule has 1 amide bonds. The Morgan fingerprint density at radius 2 is 2.12 bits per heavy atom. The molecule has 0 spiro atoms. The highest BCUT2D eigenvalue weighted by molar-refractivity contribution is 6.51. The van der Waals surface area contributed by atoms with E-state index in [1.807, 2.05) is 0 Å². The number of fused-ring (bicyclic) bond motifs is 1. The minimum Gasteiger partial charge on any atom is -0.395 e. The molecule has 0 aromatic heterocycles. The Morgan fingerprint density at radius 3 is 2.88 bits per heavy atom. The number of nitrogens with one attached hydrogen (secondary N) is 1. The van der Waals surface area contributed by atoms with Gasteiger partial charge in [0, 0.05) is 12.0 Å². The minimum absolute atomic E-state index is 0.0210. The van der Waals surface area contributed by atoms with Gasteiger partial charge < -0.3 is 10.4 Å². The molecule has 1 aromatic carbocycles. The normalized spacial score (nSPS) is 12.8. The molecule has 0 bridgehead atoms. The van der Waals surface area contributed by atoms with Crippen LogP contribution in [0.4, 0.5) is 5.69 Å². The van der Waals surface area contributed by atoms with Gasteiger partial charge in [-0.1, -0.05) is 11.8 Å². The molecule has 0 saturated heterocycles. The van der Waals surface area contributed by atoms with Gasteiger partial charge in [0.1, 0.15) is 0 Å². The fourth-order valence-corrected chi connectivity index (χ4v) is 1.45. The van der Waals surface area contributed by atoms with Crippen LogP contribution in [0.25, 0.3) is 0 Å². The van der Waals surface area contributed by atoms with E-state index in [9.17, 15) is 9.59 Å². The minimum atomic E-state index is -0.601. The van der Waals surface area contributed by atoms with Crippen molar-refractivity contribution in [2.75, 3.05) is 11.9 Å². The Hall–Kier alpha value is -2.12. The van der Waals surface area contributed by atoms with Crippen LogP contribution in [0.15, 0.2) is 18.2 Å². The highest BCUT2D eigenvalue weighted by atomic mass is 16.2. The SMILES string of the molecule is O=C1Nc2cc(C#CCCO)ccc2C1=O. The van der Waals surface area contributed by atoms with Gasteiger partial charge in [-0.2, -0.15) is 0 Å². The van der Waals surface area contributed by atoms with E-state index in [1.165, 1.54) is 0 Å². The van der Waals surface area contributed by atoms with Crippen LogP contribution < -0.4 is 5.32 Å². The van der Waals surface area contributed by atoms with Crippen LogP contribution in [0.2, 0.25) is 0 Å². The number of amides is 1. The number of hydrogen-bond donors (Lipinski definition) is 2. The summed E-state index contributed by atoms with van der Waals surface area (Å²) in [6.07, 6.45) is 0.405. The molecule has 0 unspecified atom stereocenters. The van der Waals surface area contributed by atoms with Crippen LogP contribution in [0.1, 0.15) is 22.3 Å². The third-order valence-electron chi connectivity index (χ3n) is 2.19. The van der Waals surface area contributed by atoms with Gasteiger partial charge in [-0.25, -0.2) is 0 Å². The summed E-state index contributed by atoms with van der Waals surface area (Å²) in [7, 11) is 0. The summed E-state index contributed by atoms with van der Waals surface area (Å²) in [5, 5.41) is 11.0. The molecule has 0 fully saturated rings. The van der Waals surface area contributed by atoms with E-state index in [4.69, 9.17) is 5.11 Å². The molecule has 1 heterocycles. The van der Waals surface area contributed by atoms with E-state index in [2.05, 4.69) is 17.2 Å². The lowest BCUT2D eigenvalue weighted by molar-refractivity contribution is -0.112. The number of rotatable bonds is 1. The number of anilines is 1. The Morgan fingerprint density at radius 1 is 1.31 bits per heavy atom. The Bertz CT molecular complexity index is 523. The lowest BCUT2D eigenvalue weighted by Crippen LogP contribution is -2.12. The van der Waals surface area contributed by atoms with Crippen molar-refractivity contribution in [3.8, 4) is 11.8 Å². The average Bonchev–Trinajstić information content (AvgIpc) is 2.55. The van der Waals surface area contributed by atoms with Gasteiger partial charge >= 0.3 is 0 Å². The molecule has 0 atom stereocenters. The summed E-state index contributed by atoms with van der Waals surface area (Å²) in [5.41, 5.74) is 1.60. The standard InChI is InChI=1S/C12H9NO3/c14-6-2-1-3-8-4-5-9-10(7-8)13-12(16)11(9)15/h4-5,7,14H,2,6H2,(H,13,15,16). The molecule has 1 aromatic rings. The maximum absolute atomic E-state index is 11.3. The van der Waals surface area contributed by atoms with Crippen LogP contribution in [0.5, 0.6) is 0 Å². The second-order valence-corrected chi connectivity index (χ2v) is 3.32. The van der Waals surface area contributed by atoms with Crippen LogP contribution >= 0.6 is 0 Å². The van der Waals surface area contributed by atoms with Crippen molar-refractivity contribution in [1.29, 1.82) is 0 Å². The largest absolute Gasteiger partial charge is 0.395 e. The van der Waals surface area contributed by atoms with Gasteiger partial charge in [-0.15, -0.1) is 0 Å². The monoisotopic (exact) mass is 215 g/mol. The lowest BCUT2D eigenvalue weighted by atomic mass is 10.1. The summed E-state index contributed by atoms with van der Waals surface area (Å²) in [6.45, 7) is 0.0210. The number of ketones is 1. The topological polar surface area (TPSA) is 66.4 Å². The van der Waals surface area contributed by atoms with Gasteiger partial charge in [0.15, 0.2) is 0 Å². The predicted octanol–water partition coefficient (Wildman–Crippen LogP) is 0.555. The van der Waals surface area contributed by atoms with Crippen molar-refractivity contribution in [3.63, 3.8) is 0 Å². The predicted molar refractivity (Wildman–Crippen MR) is 58.0 cm³/mol. The molecule has 0 aliphatic carbocycles. The van der Waals surface area contributed by atoms with Crippen LogP contribution in [-0.4, -0.2) is 23.4 Å². The van der Waals surface area contributed by atoms with Gasteiger partial charge in [-0.05, 0) is 18.2 Å². The molecule has 0 saturated carbocycles. The lowest BCUT2D eigenvalue weighted by Gasteiger charge is -1.96. The zero-order valence-corrected chi connectivity index (χ0v) is 8.41. The Balaban J connectivity index is 2.30. The molecule has 2 N–H and O–H groups in total. The van der Waals surface area contributed by atoms with E-state index in [0.717, 1.165) is 0 Å². The number of aliphatic hydroxyl groups excluding tert-OH is 1. The number of hydrogen-bond acceptors (Lipinski definition) is 3. The van der Waals surface area contributed by atoms with Gasteiger partial charge in [0.25, 0.3) is 11.7 Å². The van der Waals surface area contributed by atoms with Crippen molar-refractivity contribution in [1.82, 2.24) is 0 Å². The molecule has 1 aliphatic rings. The van der Waals surface area contributed by atoms with Crippen LogP contribution in [0.3, 0.4) is 0 Å². The molecular weight excluding hydrogens is 206 g/mol. The van der Waals surface area contributed by atoms with Gasteiger partial charge in [0.05, 0.1) is 17.9 Å². The second-order valence-electron chi connectivity index (χ2n) is 3.32. The molecule has 0 radical (unpaired) electrons. The van der Waals surface area contributed by atoms with Gasteiger partial charge in [0.2, 0.25) is 0 Å². The second kappa shape index (κ2) is 4.17. The molecule has 4 heteroatoms. The van der Waals surface area contributed by atoms with Crippen molar-refractivity contribution in [3.05, 3.63) is 29.3 Å². The van der Waals surface area contributed by atoms with E-state index < -0.39 is 11.7 Å². The summed E-state index contributed by atoms with van der Waals surface area (Å²) in [6, 6.07) is 4.92. The van der Waals surface area contributed by atoms with E-state index >= 15 is 0 Å². The number of carbonyl (C=O) groups excluding carboxylic acids is 2. The maximum Gasteiger partial charge on any atom is 0.296 e. The first kappa shape index (κ1) is 10.4. The maximum atomic E-state index is 11.3. The first-order chi connectivity index (χ1) is 7.72. The van der Waals surface area contributed by atoms with Crippen molar-refractivity contribution >= 4 is 17.4 Å². The van der Waals surface area contributed by atoms with E-state index in [-0.39, 0.29) is 6.61 Å². The summed E-state index contributed by atoms with van der Waals surface area (Å²) >= 11 is 0. The first-order valence-electron chi connectivity index (χ1n) is 4.82. The summed E-state index contributed by atoms with van der Waals surface area (Å²) < 4.78 is 0. The quantitative estimate of drug-likeness (QED) is 0.531. The molecule has 1 aliphatic heterocycles. The zero-order valence-electron chi connectivity index (χ0n) is 8.41. The van der Waals surface area contributed by atoms with Crippen molar-refractivity contribution in [2.45, 2.75) is 6.42 Å². The molecule has 16 heavy (non-hydrogen) atoms. The Labute approximate surface area is 92.3 Å². The highest BCUT2D eigenvalue weighted by Crippen LogP contribution is 2.23. The molecule has 80 valence electrons.